The normalized spacial score (nSPS) is 9.97. The summed E-state index contributed by atoms with van der Waals surface area (Å²) in [5.74, 6) is -2.73. The summed E-state index contributed by atoms with van der Waals surface area (Å²) < 4.78 is 20.0. The van der Waals surface area contributed by atoms with Crippen molar-refractivity contribution in [1.29, 1.82) is 0 Å². The molecule has 0 fully saturated rings. The molecule has 0 unspecified atom stereocenters. The molecule has 0 radical (unpaired) electrons. The quantitative estimate of drug-likeness (QED) is 0.466. The summed E-state index contributed by atoms with van der Waals surface area (Å²) in [6.45, 7) is 0.400. The highest BCUT2D eigenvalue weighted by Crippen LogP contribution is 2.30. The molecule has 0 aliphatic carbocycles. The van der Waals surface area contributed by atoms with Crippen LogP contribution in [0.15, 0.2) is 48.7 Å². The van der Waals surface area contributed by atoms with Crippen LogP contribution in [0.1, 0.15) is 5.56 Å². The Kier molecular flexibility index (Phi) is 7.34. The zero-order valence-electron chi connectivity index (χ0n) is 16.2. The van der Waals surface area contributed by atoms with Gasteiger partial charge in [0.25, 0.3) is 0 Å². The number of nitrogens with one attached hydrogen (secondary N) is 1. The van der Waals surface area contributed by atoms with Crippen molar-refractivity contribution in [1.82, 2.24) is 9.55 Å². The van der Waals surface area contributed by atoms with Gasteiger partial charge in [0, 0.05) is 24.7 Å². The van der Waals surface area contributed by atoms with E-state index in [4.69, 9.17) is 24.5 Å². The van der Waals surface area contributed by atoms with Gasteiger partial charge in [0.1, 0.15) is 5.82 Å². The molecule has 158 valence electrons. The topological polar surface area (TPSA) is 134 Å². The molecule has 0 atom stereocenters. The Bertz CT molecular complexity index is 1020. The monoisotopic (exact) mass is 417 g/mol. The number of imidazole rings is 1. The maximum Gasteiger partial charge on any atom is 0.414 e. The number of carboxylic acid groups (broad SMARTS) is 2. The van der Waals surface area contributed by atoms with Crippen LogP contribution in [0.2, 0.25) is 0 Å². The van der Waals surface area contributed by atoms with E-state index in [0.717, 1.165) is 11.3 Å². The molecule has 3 aromatic rings. The highest BCUT2D eigenvalue weighted by Gasteiger charge is 2.11. The fourth-order valence-electron chi connectivity index (χ4n) is 2.51. The van der Waals surface area contributed by atoms with E-state index < -0.39 is 11.9 Å². The molecule has 0 amide bonds. The van der Waals surface area contributed by atoms with Crippen LogP contribution in [0.5, 0.6) is 11.5 Å². The maximum atomic E-state index is 13.0. The average molecular weight is 417 g/mol. The molecule has 1 heterocycles. The number of rotatable bonds is 5. The van der Waals surface area contributed by atoms with E-state index >= 15 is 0 Å². The third kappa shape index (κ3) is 5.47. The maximum absolute atomic E-state index is 13.0. The van der Waals surface area contributed by atoms with Crippen LogP contribution in [0.3, 0.4) is 0 Å². The van der Waals surface area contributed by atoms with Crippen LogP contribution in [-0.2, 0) is 23.2 Å². The van der Waals surface area contributed by atoms with Gasteiger partial charge < -0.3 is 29.9 Å². The Labute approximate surface area is 171 Å². The number of carbonyl (C=O) groups is 2. The summed E-state index contributed by atoms with van der Waals surface area (Å²) in [6, 6.07) is 11.6. The number of benzene rings is 2. The van der Waals surface area contributed by atoms with Crippen molar-refractivity contribution in [2.45, 2.75) is 6.54 Å². The van der Waals surface area contributed by atoms with Crippen LogP contribution in [-0.4, -0.2) is 43.9 Å². The van der Waals surface area contributed by atoms with Crippen molar-refractivity contribution in [3.05, 3.63) is 60.0 Å². The van der Waals surface area contributed by atoms with E-state index in [1.807, 2.05) is 23.7 Å². The number of phenols is 1. The largest absolute Gasteiger partial charge is 0.504 e. The van der Waals surface area contributed by atoms with Crippen LogP contribution in [0, 0.1) is 5.82 Å². The lowest BCUT2D eigenvalue weighted by atomic mass is 10.1. The molecule has 0 aliphatic heterocycles. The van der Waals surface area contributed by atoms with Crippen LogP contribution < -0.4 is 10.1 Å². The molecule has 0 aliphatic rings. The average Bonchev–Trinajstić information content (AvgIpc) is 3.08. The molecular formula is C20H20FN3O6. The number of nitrogens with zero attached hydrogens (tertiary/aromatic N) is 2. The fourth-order valence-corrected chi connectivity index (χ4v) is 2.51. The van der Waals surface area contributed by atoms with E-state index in [1.54, 1.807) is 24.4 Å². The highest BCUT2D eigenvalue weighted by atomic mass is 19.1. The predicted molar refractivity (Wildman–Crippen MR) is 106 cm³/mol. The molecule has 0 saturated carbocycles. The van der Waals surface area contributed by atoms with Gasteiger partial charge in [-0.2, -0.15) is 0 Å². The Hall–Kier alpha value is -4.08. The van der Waals surface area contributed by atoms with Gasteiger partial charge in [-0.15, -0.1) is 0 Å². The van der Waals surface area contributed by atoms with E-state index in [1.165, 1.54) is 19.2 Å². The lowest BCUT2D eigenvalue weighted by Crippen LogP contribution is -2.09. The van der Waals surface area contributed by atoms with Gasteiger partial charge in [0.05, 0.1) is 19.0 Å². The minimum Gasteiger partial charge on any atom is -0.504 e. The summed E-state index contributed by atoms with van der Waals surface area (Å²) in [6.07, 6.45) is 1.72. The number of halogens is 1. The van der Waals surface area contributed by atoms with Crippen molar-refractivity contribution < 1.29 is 34.0 Å². The van der Waals surface area contributed by atoms with Crippen molar-refractivity contribution in [2.75, 3.05) is 12.4 Å². The smallest absolute Gasteiger partial charge is 0.414 e. The number of para-hydroxylation sites is 1. The Morgan fingerprint density at radius 2 is 1.77 bits per heavy atom. The van der Waals surface area contributed by atoms with Gasteiger partial charge >= 0.3 is 11.9 Å². The molecule has 3 rings (SSSR count). The van der Waals surface area contributed by atoms with E-state index in [0.29, 0.717) is 23.8 Å². The van der Waals surface area contributed by atoms with Crippen LogP contribution in [0.4, 0.5) is 10.3 Å². The van der Waals surface area contributed by atoms with Gasteiger partial charge in [0.2, 0.25) is 5.95 Å². The first kappa shape index (κ1) is 22.2. The number of aliphatic carboxylic acids is 2. The zero-order chi connectivity index (χ0) is 22.3. The second kappa shape index (κ2) is 9.92. The van der Waals surface area contributed by atoms with Gasteiger partial charge in [-0.05, 0) is 30.3 Å². The third-order valence-corrected chi connectivity index (χ3v) is 4.05. The number of hydrogen-bond acceptors (Lipinski definition) is 6. The number of aromatic hydroxyl groups is 1. The van der Waals surface area contributed by atoms with Crippen LogP contribution >= 0.6 is 0 Å². The molecule has 0 bridgehead atoms. The molecular weight excluding hydrogens is 397 g/mol. The van der Waals surface area contributed by atoms with E-state index in [2.05, 4.69) is 10.3 Å². The Morgan fingerprint density at radius 3 is 2.33 bits per heavy atom. The molecule has 0 saturated heterocycles. The lowest BCUT2D eigenvalue weighted by molar-refractivity contribution is -0.159. The van der Waals surface area contributed by atoms with Gasteiger partial charge in [0.15, 0.2) is 11.5 Å². The van der Waals surface area contributed by atoms with Crippen molar-refractivity contribution in [2.24, 2.45) is 7.05 Å². The minimum atomic E-state index is -1.82. The fraction of sp³-hybridized carbons (Fsp3) is 0.150. The van der Waals surface area contributed by atoms with Crippen molar-refractivity contribution in [3.63, 3.8) is 0 Å². The van der Waals surface area contributed by atoms with E-state index in [-0.39, 0.29) is 11.6 Å². The van der Waals surface area contributed by atoms with E-state index in [9.17, 15) is 9.50 Å². The molecule has 4 N–H and O–H groups in total. The van der Waals surface area contributed by atoms with Crippen LogP contribution in [0.25, 0.3) is 11.3 Å². The van der Waals surface area contributed by atoms with Crippen molar-refractivity contribution >= 4 is 17.9 Å². The second-order valence-electron chi connectivity index (χ2n) is 5.96. The van der Waals surface area contributed by atoms with Gasteiger partial charge in [-0.1, -0.05) is 12.1 Å². The molecule has 30 heavy (non-hydrogen) atoms. The lowest BCUT2D eigenvalue weighted by Gasteiger charge is -2.11. The number of phenolic OH excluding ortho intramolecular Hbond substituents is 1. The Morgan fingerprint density at radius 1 is 1.13 bits per heavy atom. The highest BCUT2D eigenvalue weighted by molar-refractivity contribution is 6.27. The summed E-state index contributed by atoms with van der Waals surface area (Å²) in [4.78, 5) is 22.5. The molecule has 10 heteroatoms. The first-order valence-electron chi connectivity index (χ1n) is 8.57. The summed E-state index contributed by atoms with van der Waals surface area (Å²) >= 11 is 0. The summed E-state index contributed by atoms with van der Waals surface area (Å²) in [5.41, 5.74) is 2.46. The summed E-state index contributed by atoms with van der Waals surface area (Å²) in [7, 11) is 3.39. The number of anilines is 1. The molecule has 1 aromatic heterocycles. The standard InChI is InChI=1S/C18H18FN3O2.C2H2O4/c1-22-15(12-6-8-14(19)9-7-12)11-21-18(22)20-10-13-4-3-5-16(24-2)17(13)23;3-1(4)2(5)6/h3-9,11,23H,10H2,1-2H3,(H,20,21);(H,3,4)(H,5,6). The zero-order valence-corrected chi connectivity index (χ0v) is 16.2. The molecule has 2 aromatic carbocycles. The number of carboxylic acids is 2. The van der Waals surface area contributed by atoms with Gasteiger partial charge in [-0.25, -0.2) is 19.0 Å². The number of aromatic nitrogens is 2. The first-order valence-corrected chi connectivity index (χ1v) is 8.57. The van der Waals surface area contributed by atoms with Gasteiger partial charge in [-0.3, -0.25) is 0 Å². The molecule has 9 nitrogen and oxygen atoms in total. The first-order chi connectivity index (χ1) is 14.2. The Balaban J connectivity index is 0.000000469. The minimum absolute atomic E-state index is 0.112. The number of ether oxygens (including phenoxy) is 1. The predicted octanol–water partition coefficient (Wildman–Crippen LogP) is 2.71. The second-order valence-corrected chi connectivity index (χ2v) is 5.96. The van der Waals surface area contributed by atoms with Crippen molar-refractivity contribution in [3.8, 4) is 22.8 Å². The number of methoxy groups -OCH3 is 1. The summed E-state index contributed by atoms with van der Waals surface area (Å²) in [5, 5.41) is 28.1. The molecule has 0 spiro atoms. The SMILES string of the molecule is COc1cccc(CNc2ncc(-c3ccc(F)cc3)n2C)c1O.O=C(O)C(=O)O. The third-order valence-electron chi connectivity index (χ3n) is 4.05. The number of hydrogen-bond donors (Lipinski definition) is 4.